The maximum atomic E-state index is 12.8. The highest BCUT2D eigenvalue weighted by Gasteiger charge is 2.30. The number of amides is 1. The molecular weight excluding hydrogens is 299 g/mol. The minimum atomic E-state index is -1.00. The lowest BCUT2D eigenvalue weighted by Crippen LogP contribution is -2.50. The second-order valence-corrected chi connectivity index (χ2v) is 5.80. The Balaban J connectivity index is 2.37. The molecule has 0 aliphatic rings. The van der Waals surface area contributed by atoms with Crippen molar-refractivity contribution in [3.8, 4) is 6.07 Å². The molecule has 0 aliphatic carbocycles. The number of benzene rings is 1. The molecule has 1 N–H and O–H groups in total. The number of hydrogen-bond donors (Lipinski definition) is 1. The first kappa shape index (κ1) is 18.6. The van der Waals surface area contributed by atoms with E-state index in [1.165, 1.54) is 12.1 Å². The molecule has 0 heterocycles. The lowest BCUT2D eigenvalue weighted by Gasteiger charge is -2.27. The van der Waals surface area contributed by atoms with Crippen LogP contribution in [-0.2, 0) is 20.7 Å². The Bertz CT molecular complexity index is 593. The zero-order chi connectivity index (χ0) is 17.5. The predicted octanol–water partition coefficient (Wildman–Crippen LogP) is 2.36. The zero-order valence-corrected chi connectivity index (χ0v) is 13.6. The van der Waals surface area contributed by atoms with Crippen molar-refractivity contribution in [1.82, 2.24) is 5.32 Å². The van der Waals surface area contributed by atoms with Crippen LogP contribution in [0.25, 0.3) is 0 Å². The molecule has 0 fully saturated rings. The van der Waals surface area contributed by atoms with Gasteiger partial charge < -0.3 is 10.1 Å². The van der Waals surface area contributed by atoms with E-state index in [0.29, 0.717) is 6.42 Å². The number of aryl methyl sites for hydroxylation is 1. The smallest absolute Gasteiger partial charge is 0.306 e. The van der Waals surface area contributed by atoms with Crippen molar-refractivity contribution in [2.24, 2.45) is 5.92 Å². The third kappa shape index (κ3) is 6.07. The maximum Gasteiger partial charge on any atom is 0.306 e. The van der Waals surface area contributed by atoms with Gasteiger partial charge in [0, 0.05) is 6.42 Å². The van der Waals surface area contributed by atoms with Crippen LogP contribution in [0.1, 0.15) is 32.8 Å². The standard InChI is InChI=1S/C17H21FN2O3/c1-12(2)17(3,11-19)20-15(21)10-23-16(22)9-6-13-4-7-14(18)8-5-13/h4-5,7-8,12H,6,9-10H2,1-3H3,(H,20,21)/t17-/m1/s1. The summed E-state index contributed by atoms with van der Waals surface area (Å²) < 4.78 is 17.6. The quantitative estimate of drug-likeness (QED) is 0.782. The molecule has 1 aromatic carbocycles. The third-order valence-corrected chi connectivity index (χ3v) is 3.68. The van der Waals surface area contributed by atoms with Gasteiger partial charge in [-0.1, -0.05) is 26.0 Å². The van der Waals surface area contributed by atoms with Gasteiger partial charge in [-0.2, -0.15) is 5.26 Å². The van der Waals surface area contributed by atoms with Crippen LogP contribution in [0.3, 0.4) is 0 Å². The number of hydrogen-bond acceptors (Lipinski definition) is 4. The van der Waals surface area contributed by atoms with Crippen molar-refractivity contribution < 1.29 is 18.7 Å². The van der Waals surface area contributed by atoms with Gasteiger partial charge in [0.1, 0.15) is 11.4 Å². The third-order valence-electron chi connectivity index (χ3n) is 3.68. The van der Waals surface area contributed by atoms with Crippen LogP contribution in [0.2, 0.25) is 0 Å². The molecule has 1 rings (SSSR count). The van der Waals surface area contributed by atoms with Crippen molar-refractivity contribution in [2.75, 3.05) is 6.61 Å². The number of ether oxygens (including phenoxy) is 1. The summed E-state index contributed by atoms with van der Waals surface area (Å²) in [4.78, 5) is 23.4. The number of carbonyl (C=O) groups is 2. The van der Waals surface area contributed by atoms with Gasteiger partial charge in [0.05, 0.1) is 6.07 Å². The summed E-state index contributed by atoms with van der Waals surface area (Å²) >= 11 is 0. The molecule has 0 aliphatic heterocycles. The number of nitrogens with one attached hydrogen (secondary N) is 1. The van der Waals surface area contributed by atoms with Crippen LogP contribution in [0.4, 0.5) is 4.39 Å². The molecule has 1 amide bonds. The molecule has 0 unspecified atom stereocenters. The van der Waals surface area contributed by atoms with E-state index in [0.717, 1.165) is 5.56 Å². The molecule has 0 radical (unpaired) electrons. The van der Waals surface area contributed by atoms with E-state index in [4.69, 9.17) is 10.00 Å². The van der Waals surface area contributed by atoms with Crippen LogP contribution >= 0.6 is 0 Å². The molecule has 124 valence electrons. The van der Waals surface area contributed by atoms with E-state index in [2.05, 4.69) is 5.32 Å². The van der Waals surface area contributed by atoms with Crippen LogP contribution in [-0.4, -0.2) is 24.0 Å². The molecule has 1 aromatic rings. The van der Waals surface area contributed by atoms with Crippen molar-refractivity contribution in [3.63, 3.8) is 0 Å². The molecule has 1 atom stereocenters. The molecule has 0 aromatic heterocycles. The van der Waals surface area contributed by atoms with E-state index in [9.17, 15) is 14.0 Å². The van der Waals surface area contributed by atoms with Crippen LogP contribution in [0.5, 0.6) is 0 Å². The normalized spacial score (nSPS) is 13.0. The van der Waals surface area contributed by atoms with Crippen molar-refractivity contribution in [1.29, 1.82) is 5.26 Å². The molecular formula is C17H21FN2O3. The fourth-order valence-electron chi connectivity index (χ4n) is 1.74. The Hall–Kier alpha value is -2.42. The van der Waals surface area contributed by atoms with Gasteiger partial charge in [0.15, 0.2) is 6.61 Å². The number of nitrogens with zero attached hydrogens (tertiary/aromatic N) is 1. The summed E-state index contributed by atoms with van der Waals surface area (Å²) in [7, 11) is 0. The van der Waals surface area contributed by atoms with Crippen LogP contribution in [0, 0.1) is 23.1 Å². The number of halogens is 1. The minimum absolute atomic E-state index is 0.0781. The largest absolute Gasteiger partial charge is 0.456 e. The van der Waals surface area contributed by atoms with Crippen LogP contribution in [0.15, 0.2) is 24.3 Å². The van der Waals surface area contributed by atoms with Gasteiger partial charge in [-0.15, -0.1) is 0 Å². The Morgan fingerprint density at radius 3 is 2.48 bits per heavy atom. The molecule has 0 bridgehead atoms. The lowest BCUT2D eigenvalue weighted by molar-refractivity contribution is -0.149. The Morgan fingerprint density at radius 1 is 1.35 bits per heavy atom. The molecule has 0 saturated carbocycles. The van der Waals surface area contributed by atoms with Crippen LogP contribution < -0.4 is 5.32 Å². The molecule has 6 heteroatoms. The summed E-state index contributed by atoms with van der Waals surface area (Å²) in [5, 5.41) is 11.7. The summed E-state index contributed by atoms with van der Waals surface area (Å²) in [5.41, 5.74) is -0.193. The van der Waals surface area contributed by atoms with Crippen molar-refractivity contribution in [2.45, 2.75) is 39.2 Å². The second-order valence-electron chi connectivity index (χ2n) is 5.80. The first-order chi connectivity index (χ1) is 10.8. The highest BCUT2D eigenvalue weighted by atomic mass is 19.1. The van der Waals surface area contributed by atoms with Gasteiger partial charge in [0.2, 0.25) is 0 Å². The summed E-state index contributed by atoms with van der Waals surface area (Å²) in [5.74, 6) is -1.45. The topological polar surface area (TPSA) is 79.2 Å². The van der Waals surface area contributed by atoms with E-state index in [1.807, 2.05) is 19.9 Å². The first-order valence-corrected chi connectivity index (χ1v) is 7.39. The molecule has 5 nitrogen and oxygen atoms in total. The van der Waals surface area contributed by atoms with E-state index < -0.39 is 24.0 Å². The summed E-state index contributed by atoms with van der Waals surface area (Å²) in [6.07, 6.45) is 0.501. The van der Waals surface area contributed by atoms with Gasteiger partial charge in [-0.25, -0.2) is 4.39 Å². The van der Waals surface area contributed by atoms with Gasteiger partial charge in [0.25, 0.3) is 5.91 Å². The van der Waals surface area contributed by atoms with E-state index in [1.54, 1.807) is 19.1 Å². The van der Waals surface area contributed by atoms with Gasteiger partial charge in [-0.05, 0) is 37.0 Å². The molecule has 0 spiro atoms. The number of nitriles is 1. The lowest BCUT2D eigenvalue weighted by atomic mass is 9.90. The highest BCUT2D eigenvalue weighted by molar-refractivity contribution is 5.81. The SMILES string of the molecule is CC(C)[C@@](C)(C#N)NC(=O)COC(=O)CCc1ccc(F)cc1. The fourth-order valence-corrected chi connectivity index (χ4v) is 1.74. The average Bonchev–Trinajstić information content (AvgIpc) is 2.52. The highest BCUT2D eigenvalue weighted by Crippen LogP contribution is 2.14. The number of rotatable bonds is 7. The van der Waals surface area contributed by atoms with Crippen molar-refractivity contribution in [3.05, 3.63) is 35.6 Å². The average molecular weight is 320 g/mol. The van der Waals surface area contributed by atoms with Gasteiger partial charge >= 0.3 is 5.97 Å². The maximum absolute atomic E-state index is 12.8. The fraction of sp³-hybridized carbons (Fsp3) is 0.471. The number of carbonyl (C=O) groups excluding carboxylic acids is 2. The Kier molecular flexibility index (Phi) is 6.70. The molecule has 23 heavy (non-hydrogen) atoms. The van der Waals surface area contributed by atoms with E-state index in [-0.39, 0.29) is 18.2 Å². The Morgan fingerprint density at radius 2 is 1.96 bits per heavy atom. The minimum Gasteiger partial charge on any atom is -0.456 e. The predicted molar refractivity (Wildman–Crippen MR) is 82.7 cm³/mol. The van der Waals surface area contributed by atoms with Gasteiger partial charge in [-0.3, -0.25) is 9.59 Å². The first-order valence-electron chi connectivity index (χ1n) is 7.39. The van der Waals surface area contributed by atoms with Crippen molar-refractivity contribution >= 4 is 11.9 Å². The monoisotopic (exact) mass is 320 g/mol. The summed E-state index contributed by atoms with van der Waals surface area (Å²) in [6.45, 7) is 4.83. The summed E-state index contributed by atoms with van der Waals surface area (Å²) in [6, 6.07) is 7.88. The second kappa shape index (κ2) is 8.28. The molecule has 0 saturated heterocycles. The number of esters is 1. The van der Waals surface area contributed by atoms with E-state index >= 15 is 0 Å². The zero-order valence-electron chi connectivity index (χ0n) is 13.6. The Labute approximate surface area is 135 Å².